The number of para-hydroxylation sites is 1. The molecular formula is C24H30N2O3. The SMILES string of the molecule is Cc1ccccc1N1CCN(CCCCOc2ccc3c(c2)CC(=O)CO3)CC1. The zero-order valence-corrected chi connectivity index (χ0v) is 17.2. The monoisotopic (exact) mass is 394 g/mol. The first-order valence-electron chi connectivity index (χ1n) is 10.6. The lowest BCUT2D eigenvalue weighted by molar-refractivity contribution is -0.121. The van der Waals surface area contributed by atoms with Crippen molar-refractivity contribution in [3.05, 3.63) is 53.6 Å². The van der Waals surface area contributed by atoms with Gasteiger partial charge in [-0.25, -0.2) is 0 Å². The van der Waals surface area contributed by atoms with E-state index in [1.165, 1.54) is 11.3 Å². The van der Waals surface area contributed by atoms with Crippen molar-refractivity contribution in [3.8, 4) is 11.5 Å². The van der Waals surface area contributed by atoms with Gasteiger partial charge in [0.2, 0.25) is 0 Å². The van der Waals surface area contributed by atoms with Crippen molar-refractivity contribution >= 4 is 11.5 Å². The fourth-order valence-electron chi connectivity index (χ4n) is 4.10. The molecule has 0 amide bonds. The molecule has 2 heterocycles. The first-order valence-corrected chi connectivity index (χ1v) is 10.6. The zero-order chi connectivity index (χ0) is 20.1. The van der Waals surface area contributed by atoms with Crippen LogP contribution in [0.1, 0.15) is 24.0 Å². The van der Waals surface area contributed by atoms with Crippen LogP contribution in [0.15, 0.2) is 42.5 Å². The van der Waals surface area contributed by atoms with Crippen molar-refractivity contribution in [2.45, 2.75) is 26.2 Å². The summed E-state index contributed by atoms with van der Waals surface area (Å²) in [6.07, 6.45) is 2.61. The van der Waals surface area contributed by atoms with E-state index in [1.807, 2.05) is 18.2 Å². The summed E-state index contributed by atoms with van der Waals surface area (Å²) >= 11 is 0. The van der Waals surface area contributed by atoms with Gasteiger partial charge in [-0.05, 0) is 56.1 Å². The Kier molecular flexibility index (Phi) is 6.35. The Morgan fingerprint density at radius 3 is 2.69 bits per heavy atom. The van der Waals surface area contributed by atoms with Gasteiger partial charge in [0.05, 0.1) is 6.61 Å². The molecule has 5 nitrogen and oxygen atoms in total. The van der Waals surface area contributed by atoms with Gasteiger partial charge >= 0.3 is 0 Å². The number of benzene rings is 2. The zero-order valence-electron chi connectivity index (χ0n) is 17.2. The smallest absolute Gasteiger partial charge is 0.174 e. The first-order chi connectivity index (χ1) is 14.2. The Bertz CT molecular complexity index is 844. The molecule has 0 spiro atoms. The van der Waals surface area contributed by atoms with Gasteiger partial charge in [0.15, 0.2) is 5.78 Å². The quantitative estimate of drug-likeness (QED) is 0.673. The minimum Gasteiger partial charge on any atom is -0.494 e. The third-order valence-corrected chi connectivity index (χ3v) is 5.77. The molecule has 1 fully saturated rings. The van der Waals surface area contributed by atoms with Crippen molar-refractivity contribution in [2.75, 3.05) is 50.8 Å². The van der Waals surface area contributed by atoms with Crippen molar-refractivity contribution < 1.29 is 14.3 Å². The van der Waals surface area contributed by atoms with Gasteiger partial charge in [0.25, 0.3) is 0 Å². The number of nitrogens with zero attached hydrogens (tertiary/aromatic N) is 2. The molecule has 2 aliphatic rings. The maximum absolute atomic E-state index is 11.5. The molecule has 2 aromatic rings. The van der Waals surface area contributed by atoms with E-state index in [0.29, 0.717) is 13.0 Å². The normalized spacial score (nSPS) is 17.0. The molecule has 0 aromatic heterocycles. The summed E-state index contributed by atoms with van der Waals surface area (Å²) in [7, 11) is 0. The van der Waals surface area contributed by atoms with Crippen LogP contribution in [0, 0.1) is 6.92 Å². The number of ether oxygens (including phenoxy) is 2. The van der Waals surface area contributed by atoms with Crippen molar-refractivity contribution in [2.24, 2.45) is 0 Å². The largest absolute Gasteiger partial charge is 0.494 e. The minimum atomic E-state index is 0.122. The van der Waals surface area contributed by atoms with Crippen LogP contribution < -0.4 is 14.4 Å². The fraction of sp³-hybridized carbons (Fsp3) is 0.458. The van der Waals surface area contributed by atoms with Crippen molar-refractivity contribution in [1.82, 2.24) is 4.90 Å². The number of hydrogen-bond acceptors (Lipinski definition) is 5. The van der Waals surface area contributed by atoms with Gasteiger partial charge in [-0.15, -0.1) is 0 Å². The number of fused-ring (bicyclic) bond motifs is 1. The third-order valence-electron chi connectivity index (χ3n) is 5.77. The van der Waals surface area contributed by atoms with Crippen LogP contribution in [-0.2, 0) is 11.2 Å². The van der Waals surface area contributed by atoms with Crippen LogP contribution in [0.2, 0.25) is 0 Å². The van der Waals surface area contributed by atoms with Gasteiger partial charge in [0.1, 0.15) is 18.1 Å². The summed E-state index contributed by atoms with van der Waals surface area (Å²) in [5.74, 6) is 1.76. The molecule has 2 aromatic carbocycles. The number of hydrogen-bond donors (Lipinski definition) is 0. The van der Waals surface area contributed by atoms with E-state index in [2.05, 4.69) is 41.0 Å². The average molecular weight is 395 g/mol. The van der Waals surface area contributed by atoms with E-state index in [4.69, 9.17) is 9.47 Å². The number of ketones is 1. The number of carbonyl (C=O) groups excluding carboxylic acids is 1. The van der Waals surface area contributed by atoms with E-state index in [0.717, 1.165) is 62.6 Å². The number of anilines is 1. The van der Waals surface area contributed by atoms with E-state index >= 15 is 0 Å². The molecule has 0 saturated carbocycles. The topological polar surface area (TPSA) is 42.0 Å². The van der Waals surface area contributed by atoms with Gasteiger partial charge in [-0.1, -0.05) is 18.2 Å². The predicted octanol–water partition coefficient (Wildman–Crippen LogP) is 3.48. The van der Waals surface area contributed by atoms with Crippen molar-refractivity contribution in [3.63, 3.8) is 0 Å². The maximum atomic E-state index is 11.5. The standard InChI is InChI=1S/C24H30N2O3/c1-19-6-2-3-7-23(19)26-13-11-25(12-14-26)10-4-5-15-28-22-8-9-24-20(17-22)16-21(27)18-29-24/h2-3,6-9,17H,4-5,10-16,18H2,1H3. The molecule has 4 rings (SSSR count). The number of Topliss-reactive ketones (excluding diaryl/α,β-unsaturated/α-hetero) is 1. The summed E-state index contributed by atoms with van der Waals surface area (Å²) in [6.45, 7) is 8.63. The van der Waals surface area contributed by atoms with Gasteiger partial charge in [0, 0.05) is 43.9 Å². The van der Waals surface area contributed by atoms with Crippen LogP contribution in [-0.4, -0.2) is 56.6 Å². The maximum Gasteiger partial charge on any atom is 0.174 e. The van der Waals surface area contributed by atoms with Gasteiger partial charge in [-0.2, -0.15) is 0 Å². The Hall–Kier alpha value is -2.53. The van der Waals surface area contributed by atoms with Crippen LogP contribution in [0.4, 0.5) is 5.69 Å². The fourth-order valence-corrected chi connectivity index (χ4v) is 4.10. The van der Waals surface area contributed by atoms with Crippen LogP contribution >= 0.6 is 0 Å². The predicted molar refractivity (Wildman–Crippen MR) is 115 cm³/mol. The van der Waals surface area contributed by atoms with Crippen LogP contribution in [0.3, 0.4) is 0 Å². The second-order valence-corrected chi connectivity index (χ2v) is 7.94. The number of aryl methyl sites for hydroxylation is 1. The Morgan fingerprint density at radius 2 is 1.86 bits per heavy atom. The highest BCUT2D eigenvalue weighted by molar-refractivity contribution is 5.84. The number of carbonyl (C=O) groups is 1. The second-order valence-electron chi connectivity index (χ2n) is 7.94. The number of rotatable bonds is 7. The summed E-state index contributed by atoms with van der Waals surface area (Å²) < 4.78 is 11.3. The molecule has 0 N–H and O–H groups in total. The molecule has 0 aliphatic carbocycles. The average Bonchev–Trinajstić information content (AvgIpc) is 2.74. The molecular weight excluding hydrogens is 364 g/mol. The lowest BCUT2D eigenvalue weighted by Crippen LogP contribution is -2.46. The van der Waals surface area contributed by atoms with Crippen LogP contribution in [0.25, 0.3) is 0 Å². The highest BCUT2D eigenvalue weighted by atomic mass is 16.5. The van der Waals surface area contributed by atoms with E-state index in [1.54, 1.807) is 0 Å². The van der Waals surface area contributed by atoms with E-state index < -0.39 is 0 Å². The van der Waals surface area contributed by atoms with Crippen molar-refractivity contribution in [1.29, 1.82) is 0 Å². The third kappa shape index (κ3) is 5.10. The highest BCUT2D eigenvalue weighted by Gasteiger charge is 2.18. The van der Waals surface area contributed by atoms with E-state index in [-0.39, 0.29) is 12.4 Å². The first kappa shape index (κ1) is 19.8. The second kappa shape index (κ2) is 9.31. The van der Waals surface area contributed by atoms with E-state index in [9.17, 15) is 4.79 Å². The Labute approximate surface area is 173 Å². The molecule has 1 saturated heterocycles. The molecule has 2 aliphatic heterocycles. The molecule has 5 heteroatoms. The van der Waals surface area contributed by atoms with Gasteiger partial charge < -0.3 is 14.4 Å². The lowest BCUT2D eigenvalue weighted by Gasteiger charge is -2.36. The lowest BCUT2D eigenvalue weighted by atomic mass is 10.1. The molecule has 0 unspecified atom stereocenters. The minimum absolute atomic E-state index is 0.122. The molecule has 154 valence electrons. The summed E-state index contributed by atoms with van der Waals surface area (Å²) in [6, 6.07) is 14.4. The number of unbranched alkanes of at least 4 members (excludes halogenated alkanes) is 1. The van der Waals surface area contributed by atoms with Crippen LogP contribution in [0.5, 0.6) is 11.5 Å². The Morgan fingerprint density at radius 1 is 1.03 bits per heavy atom. The molecule has 29 heavy (non-hydrogen) atoms. The van der Waals surface area contributed by atoms with Gasteiger partial charge in [-0.3, -0.25) is 9.69 Å². The molecule has 0 atom stereocenters. The number of piperazine rings is 1. The summed E-state index contributed by atoms with van der Waals surface area (Å²) in [5, 5.41) is 0. The summed E-state index contributed by atoms with van der Waals surface area (Å²) in [4.78, 5) is 16.6. The Balaban J connectivity index is 1.14. The summed E-state index contributed by atoms with van der Waals surface area (Å²) in [5.41, 5.74) is 3.67. The molecule has 0 radical (unpaired) electrons. The molecule has 0 bridgehead atoms. The highest BCUT2D eigenvalue weighted by Crippen LogP contribution is 2.27.